The van der Waals surface area contributed by atoms with Gasteiger partial charge in [0.05, 0.1) is 12.8 Å². The van der Waals surface area contributed by atoms with Crippen LogP contribution in [-0.4, -0.2) is 13.1 Å². The van der Waals surface area contributed by atoms with Gasteiger partial charge in [-0.1, -0.05) is 60.7 Å². The molecule has 1 unspecified atom stereocenters. The third kappa shape index (κ3) is 3.69. The maximum absolute atomic E-state index is 12.7. The number of para-hydroxylation sites is 3. The summed E-state index contributed by atoms with van der Waals surface area (Å²) in [5.41, 5.74) is 2.31. The van der Waals surface area contributed by atoms with Crippen molar-refractivity contribution >= 4 is 22.7 Å². The van der Waals surface area contributed by atoms with Crippen LogP contribution in [0.5, 0.6) is 5.75 Å². The van der Waals surface area contributed by atoms with Crippen molar-refractivity contribution in [2.45, 2.75) is 6.04 Å². The topological polar surface area (TPSA) is 63.5 Å². The van der Waals surface area contributed by atoms with Crippen LogP contribution in [0, 0.1) is 0 Å². The van der Waals surface area contributed by atoms with E-state index in [1.165, 1.54) is 0 Å². The molecule has 0 aliphatic heterocycles. The van der Waals surface area contributed by atoms with Gasteiger partial charge in [0.25, 0.3) is 0 Å². The van der Waals surface area contributed by atoms with Gasteiger partial charge in [0.1, 0.15) is 23.1 Å². The van der Waals surface area contributed by atoms with Crippen molar-refractivity contribution in [3.05, 3.63) is 96.3 Å². The third-order valence-electron chi connectivity index (χ3n) is 4.49. The number of carbonyl (C=O) groups excluding carboxylic acids is 1. The van der Waals surface area contributed by atoms with Crippen LogP contribution in [0.2, 0.25) is 0 Å². The number of amides is 2. The summed E-state index contributed by atoms with van der Waals surface area (Å²) in [6, 6.07) is 26.0. The lowest BCUT2D eigenvalue weighted by atomic mass is 10.0. The van der Waals surface area contributed by atoms with Crippen LogP contribution in [0.25, 0.3) is 11.0 Å². The number of rotatable bonds is 5. The van der Waals surface area contributed by atoms with Crippen molar-refractivity contribution in [2.24, 2.45) is 0 Å². The summed E-state index contributed by atoms with van der Waals surface area (Å²) in [6.07, 6.45) is 0. The molecule has 5 heteroatoms. The van der Waals surface area contributed by atoms with E-state index in [1.807, 2.05) is 72.8 Å². The van der Waals surface area contributed by atoms with Crippen LogP contribution in [0.3, 0.4) is 0 Å². The Balaban J connectivity index is 1.63. The molecule has 0 spiro atoms. The number of methoxy groups -OCH3 is 1. The minimum atomic E-state index is -0.427. The van der Waals surface area contributed by atoms with Crippen molar-refractivity contribution in [2.75, 3.05) is 12.4 Å². The minimum absolute atomic E-state index is 0.348. The van der Waals surface area contributed by atoms with Gasteiger partial charge in [-0.3, -0.25) is 0 Å². The number of furan rings is 1. The number of benzene rings is 3. The van der Waals surface area contributed by atoms with Crippen molar-refractivity contribution in [3.63, 3.8) is 0 Å². The normalized spacial score (nSPS) is 11.8. The highest BCUT2D eigenvalue weighted by Gasteiger charge is 2.21. The van der Waals surface area contributed by atoms with E-state index in [0.29, 0.717) is 17.2 Å². The highest BCUT2D eigenvalue weighted by atomic mass is 16.5. The Bertz CT molecular complexity index is 1060. The van der Waals surface area contributed by atoms with Gasteiger partial charge >= 0.3 is 6.03 Å². The van der Waals surface area contributed by atoms with Crippen LogP contribution in [-0.2, 0) is 0 Å². The summed E-state index contributed by atoms with van der Waals surface area (Å²) in [4.78, 5) is 12.7. The molecule has 0 saturated heterocycles. The van der Waals surface area contributed by atoms with Gasteiger partial charge in [0.15, 0.2) is 0 Å². The first-order valence-corrected chi connectivity index (χ1v) is 8.98. The van der Waals surface area contributed by atoms with E-state index < -0.39 is 6.04 Å². The second-order valence-corrected chi connectivity index (χ2v) is 6.33. The van der Waals surface area contributed by atoms with Crippen molar-refractivity contribution in [1.82, 2.24) is 5.32 Å². The average molecular weight is 372 g/mol. The summed E-state index contributed by atoms with van der Waals surface area (Å²) in [6.45, 7) is 0. The smallest absolute Gasteiger partial charge is 0.320 e. The SMILES string of the molecule is COc1ccccc1NC(=O)NC(c1ccccc1)c1cc2ccccc2o1. The van der Waals surface area contributed by atoms with E-state index in [-0.39, 0.29) is 6.03 Å². The second kappa shape index (κ2) is 7.88. The van der Waals surface area contributed by atoms with Gasteiger partial charge in [0, 0.05) is 5.39 Å². The molecule has 0 bridgehead atoms. The first kappa shape index (κ1) is 17.7. The van der Waals surface area contributed by atoms with E-state index in [0.717, 1.165) is 16.5 Å². The molecule has 28 heavy (non-hydrogen) atoms. The average Bonchev–Trinajstić information content (AvgIpc) is 3.17. The predicted molar refractivity (Wildman–Crippen MR) is 110 cm³/mol. The number of fused-ring (bicyclic) bond motifs is 1. The fraction of sp³-hybridized carbons (Fsp3) is 0.0870. The Labute approximate surface area is 162 Å². The highest BCUT2D eigenvalue weighted by Crippen LogP contribution is 2.29. The fourth-order valence-corrected chi connectivity index (χ4v) is 3.15. The van der Waals surface area contributed by atoms with E-state index in [1.54, 1.807) is 19.2 Å². The summed E-state index contributed by atoms with van der Waals surface area (Å²) >= 11 is 0. The molecule has 2 amide bonds. The lowest BCUT2D eigenvalue weighted by molar-refractivity contribution is 0.248. The Kier molecular flexibility index (Phi) is 4.97. The molecule has 3 aromatic carbocycles. The predicted octanol–water partition coefficient (Wildman–Crippen LogP) is 5.35. The Morgan fingerprint density at radius 3 is 2.43 bits per heavy atom. The maximum Gasteiger partial charge on any atom is 0.320 e. The number of anilines is 1. The molecule has 0 saturated carbocycles. The van der Waals surface area contributed by atoms with E-state index in [4.69, 9.17) is 9.15 Å². The van der Waals surface area contributed by atoms with Gasteiger partial charge in [-0.25, -0.2) is 4.79 Å². The summed E-state index contributed by atoms with van der Waals surface area (Å²) in [7, 11) is 1.57. The molecule has 0 aliphatic rings. The number of hydrogen-bond donors (Lipinski definition) is 2. The van der Waals surface area contributed by atoms with Crippen LogP contribution in [0.15, 0.2) is 89.3 Å². The molecular weight excluding hydrogens is 352 g/mol. The van der Waals surface area contributed by atoms with Gasteiger partial charge in [-0.15, -0.1) is 0 Å². The zero-order valence-electron chi connectivity index (χ0n) is 15.4. The molecule has 0 aliphatic carbocycles. The van der Waals surface area contributed by atoms with Gasteiger partial charge in [-0.05, 0) is 29.8 Å². The first-order chi connectivity index (χ1) is 13.7. The molecule has 1 heterocycles. The van der Waals surface area contributed by atoms with E-state index in [2.05, 4.69) is 10.6 Å². The van der Waals surface area contributed by atoms with Crippen LogP contribution < -0.4 is 15.4 Å². The zero-order chi connectivity index (χ0) is 19.3. The fourth-order valence-electron chi connectivity index (χ4n) is 3.15. The van der Waals surface area contributed by atoms with Crippen LogP contribution >= 0.6 is 0 Å². The van der Waals surface area contributed by atoms with Crippen LogP contribution in [0.4, 0.5) is 10.5 Å². The molecule has 0 fully saturated rings. The standard InChI is InChI=1S/C23H20N2O3/c1-27-20-14-8-6-12-18(20)24-23(26)25-22(16-9-3-2-4-10-16)21-15-17-11-5-7-13-19(17)28-21/h2-15,22H,1H3,(H2,24,25,26). The molecule has 1 atom stereocenters. The minimum Gasteiger partial charge on any atom is -0.495 e. The number of urea groups is 1. The molecule has 140 valence electrons. The maximum atomic E-state index is 12.7. The van der Waals surface area contributed by atoms with Gasteiger partial charge in [-0.2, -0.15) is 0 Å². The summed E-state index contributed by atoms with van der Waals surface area (Å²) < 4.78 is 11.3. The largest absolute Gasteiger partial charge is 0.495 e. The van der Waals surface area contributed by atoms with Crippen molar-refractivity contribution < 1.29 is 13.9 Å². The third-order valence-corrected chi connectivity index (χ3v) is 4.49. The summed E-state index contributed by atoms with van der Waals surface area (Å²) in [5, 5.41) is 6.85. The lowest BCUT2D eigenvalue weighted by Gasteiger charge is -2.18. The monoisotopic (exact) mass is 372 g/mol. The molecular formula is C23H20N2O3. The number of hydrogen-bond acceptors (Lipinski definition) is 3. The lowest BCUT2D eigenvalue weighted by Crippen LogP contribution is -2.33. The number of nitrogens with one attached hydrogen (secondary N) is 2. The van der Waals surface area contributed by atoms with Crippen molar-refractivity contribution in [3.8, 4) is 5.75 Å². The molecule has 1 aromatic heterocycles. The van der Waals surface area contributed by atoms with Crippen LogP contribution in [0.1, 0.15) is 17.4 Å². The Morgan fingerprint density at radius 2 is 1.64 bits per heavy atom. The molecule has 5 nitrogen and oxygen atoms in total. The summed E-state index contributed by atoms with van der Waals surface area (Å²) in [5.74, 6) is 1.26. The van der Waals surface area contributed by atoms with Crippen molar-refractivity contribution in [1.29, 1.82) is 0 Å². The highest BCUT2D eigenvalue weighted by molar-refractivity contribution is 5.91. The first-order valence-electron chi connectivity index (χ1n) is 8.98. The van der Waals surface area contributed by atoms with E-state index in [9.17, 15) is 4.79 Å². The molecule has 4 aromatic rings. The molecule has 4 rings (SSSR count). The Hall–Kier alpha value is -3.73. The van der Waals surface area contributed by atoms with Gasteiger partial charge in [0.2, 0.25) is 0 Å². The Morgan fingerprint density at radius 1 is 0.929 bits per heavy atom. The number of carbonyl (C=O) groups is 1. The molecule has 0 radical (unpaired) electrons. The number of ether oxygens (including phenoxy) is 1. The second-order valence-electron chi connectivity index (χ2n) is 6.33. The van der Waals surface area contributed by atoms with Gasteiger partial charge < -0.3 is 19.8 Å². The quantitative estimate of drug-likeness (QED) is 0.496. The zero-order valence-corrected chi connectivity index (χ0v) is 15.4. The molecule has 2 N–H and O–H groups in total. The van der Waals surface area contributed by atoms with E-state index >= 15 is 0 Å².